The Balaban J connectivity index is 1.64. The molecule has 1 aliphatic carbocycles. The highest BCUT2D eigenvalue weighted by Crippen LogP contribution is 2.40. The number of hydrogen-bond acceptors (Lipinski definition) is 2. The normalized spacial score (nSPS) is 16.8. The summed E-state index contributed by atoms with van der Waals surface area (Å²) < 4.78 is 17.7. The van der Waals surface area contributed by atoms with Crippen LogP contribution in [0.1, 0.15) is 50.5 Å². The molecule has 154 valence electrons. The number of furan rings is 1. The van der Waals surface area contributed by atoms with Crippen LogP contribution >= 0.6 is 0 Å². The van der Waals surface area contributed by atoms with Gasteiger partial charge in [-0.1, -0.05) is 55.7 Å². The molecule has 0 saturated heterocycles. The van der Waals surface area contributed by atoms with Crippen LogP contribution in [-0.2, 0) is 7.05 Å². The molecule has 31 heavy (non-hydrogen) atoms. The Morgan fingerprint density at radius 3 is 2.74 bits per heavy atom. The van der Waals surface area contributed by atoms with E-state index in [1.54, 1.807) is 0 Å². The van der Waals surface area contributed by atoms with Crippen molar-refractivity contribution in [3.8, 4) is 11.3 Å². The van der Waals surface area contributed by atoms with Gasteiger partial charge in [0, 0.05) is 30.5 Å². The zero-order valence-electron chi connectivity index (χ0n) is 19.1. The Bertz CT molecular complexity index is 1490. The van der Waals surface area contributed by atoms with Crippen LogP contribution in [0.15, 0.2) is 65.3 Å². The molecule has 2 aromatic carbocycles. The fourth-order valence-corrected chi connectivity index (χ4v) is 5.19. The van der Waals surface area contributed by atoms with Crippen LogP contribution in [0, 0.1) is 6.92 Å². The molecule has 1 fully saturated rings. The summed E-state index contributed by atoms with van der Waals surface area (Å²) >= 11 is 0. The third-order valence-corrected chi connectivity index (χ3v) is 6.87. The van der Waals surface area contributed by atoms with Gasteiger partial charge in [0.25, 0.3) is 0 Å². The number of fused-ring (bicyclic) bond motifs is 5. The minimum Gasteiger partial charge on any atom is -0.437 e. The number of pyridine rings is 2. The van der Waals surface area contributed by atoms with E-state index < -0.39 is 5.89 Å². The summed E-state index contributed by atoms with van der Waals surface area (Å²) in [5.41, 5.74) is 6.00. The highest BCUT2D eigenvalue weighted by atomic mass is 16.3. The standard InChI is InChI=1S/C28H27N2O/c1-18-12-13-23-26-22-11-7-6-10-21(22)17-29-28(26)31-27(23)25(18)24-16-20(14-15-30(24)2)19-8-4-3-5-9-19/h6-7,10-17,19H,3-5,8-9H2,1-2H3/q+1/i19D. The van der Waals surface area contributed by atoms with Gasteiger partial charge in [-0.25, -0.2) is 9.55 Å². The summed E-state index contributed by atoms with van der Waals surface area (Å²) in [6.07, 6.45) is 9.37. The van der Waals surface area contributed by atoms with Gasteiger partial charge in [-0.05, 0) is 42.2 Å². The van der Waals surface area contributed by atoms with E-state index in [9.17, 15) is 0 Å². The van der Waals surface area contributed by atoms with Crippen LogP contribution < -0.4 is 4.57 Å². The first-order valence-corrected chi connectivity index (χ1v) is 11.3. The lowest BCUT2D eigenvalue weighted by molar-refractivity contribution is -0.660. The molecule has 0 N–H and O–H groups in total. The molecule has 0 unspecified atom stereocenters. The number of nitrogens with zero attached hydrogens (tertiary/aromatic N) is 2. The van der Waals surface area contributed by atoms with Gasteiger partial charge < -0.3 is 4.42 Å². The number of aryl methyl sites for hydroxylation is 2. The number of benzene rings is 2. The third kappa shape index (κ3) is 2.95. The Morgan fingerprint density at radius 1 is 1.03 bits per heavy atom. The molecule has 0 radical (unpaired) electrons. The van der Waals surface area contributed by atoms with Crippen LogP contribution in [-0.4, -0.2) is 4.98 Å². The maximum Gasteiger partial charge on any atom is 0.227 e. The number of aromatic nitrogens is 2. The molecule has 1 aliphatic rings. The zero-order valence-corrected chi connectivity index (χ0v) is 18.1. The van der Waals surface area contributed by atoms with Gasteiger partial charge in [0.15, 0.2) is 11.8 Å². The predicted molar refractivity (Wildman–Crippen MR) is 126 cm³/mol. The fourth-order valence-electron chi connectivity index (χ4n) is 5.19. The smallest absolute Gasteiger partial charge is 0.227 e. The Morgan fingerprint density at radius 2 is 1.87 bits per heavy atom. The Labute approximate surface area is 183 Å². The average Bonchev–Trinajstić information content (AvgIpc) is 3.19. The van der Waals surface area contributed by atoms with Gasteiger partial charge in [0.1, 0.15) is 7.05 Å². The lowest BCUT2D eigenvalue weighted by atomic mass is 9.84. The van der Waals surface area contributed by atoms with Crippen LogP contribution in [0.5, 0.6) is 0 Å². The maximum absolute atomic E-state index is 9.14. The van der Waals surface area contributed by atoms with Crippen molar-refractivity contribution >= 4 is 32.8 Å². The van der Waals surface area contributed by atoms with E-state index in [4.69, 9.17) is 5.79 Å². The van der Waals surface area contributed by atoms with E-state index in [-0.39, 0.29) is 0 Å². The average molecular weight is 409 g/mol. The lowest BCUT2D eigenvalue weighted by Crippen LogP contribution is -2.31. The molecule has 0 atom stereocenters. The molecule has 0 spiro atoms. The second kappa shape index (κ2) is 7.19. The Hall–Kier alpha value is -3.20. The minimum absolute atomic E-state index is 0.491. The lowest BCUT2D eigenvalue weighted by Gasteiger charge is -2.21. The fraction of sp³-hybridized carbons (Fsp3) is 0.286. The van der Waals surface area contributed by atoms with Gasteiger partial charge in [0.2, 0.25) is 11.4 Å². The van der Waals surface area contributed by atoms with Crippen LogP contribution in [0.3, 0.4) is 0 Å². The summed E-state index contributed by atoms with van der Waals surface area (Å²) in [6.45, 7) is 2.14. The SMILES string of the molecule is [2H]C1(c2cc[n+](C)c(-c3c(C)ccc4c3oc3ncc5ccccc5c34)c2)CCCCC1. The zero-order chi connectivity index (χ0) is 21.9. The highest BCUT2D eigenvalue weighted by Gasteiger charge is 2.24. The van der Waals surface area contributed by atoms with E-state index in [0.29, 0.717) is 5.71 Å². The molecule has 3 nitrogen and oxygen atoms in total. The first-order valence-electron chi connectivity index (χ1n) is 11.8. The van der Waals surface area contributed by atoms with Crippen molar-refractivity contribution in [3.63, 3.8) is 0 Å². The molecular weight excluding hydrogens is 380 g/mol. The maximum atomic E-state index is 9.14. The van der Waals surface area contributed by atoms with Crippen LogP contribution in [0.2, 0.25) is 0 Å². The molecule has 5 aromatic rings. The minimum atomic E-state index is -0.491. The highest BCUT2D eigenvalue weighted by molar-refractivity contribution is 6.19. The van der Waals surface area contributed by atoms with Crippen LogP contribution in [0.25, 0.3) is 44.1 Å². The second-order valence-corrected chi connectivity index (χ2v) is 8.84. The van der Waals surface area contributed by atoms with Gasteiger partial charge >= 0.3 is 0 Å². The van der Waals surface area contributed by atoms with E-state index >= 15 is 0 Å². The largest absolute Gasteiger partial charge is 0.437 e. The summed E-state index contributed by atoms with van der Waals surface area (Å²) in [7, 11) is 2.07. The quantitative estimate of drug-likeness (QED) is 0.295. The molecule has 3 heterocycles. The molecule has 3 heteroatoms. The molecule has 0 bridgehead atoms. The molecule has 6 rings (SSSR count). The van der Waals surface area contributed by atoms with Crippen molar-refractivity contribution in [1.82, 2.24) is 4.98 Å². The second-order valence-electron chi connectivity index (χ2n) is 8.84. The first kappa shape index (κ1) is 17.5. The van der Waals surface area contributed by atoms with E-state index in [1.807, 2.05) is 12.3 Å². The van der Waals surface area contributed by atoms with Gasteiger partial charge in [-0.2, -0.15) is 0 Å². The monoisotopic (exact) mass is 408 g/mol. The van der Waals surface area contributed by atoms with E-state index in [2.05, 4.69) is 72.2 Å². The molecule has 3 aromatic heterocycles. The van der Waals surface area contributed by atoms with Crippen LogP contribution in [0.4, 0.5) is 0 Å². The number of hydrogen-bond donors (Lipinski definition) is 0. The topological polar surface area (TPSA) is 29.9 Å². The van der Waals surface area contributed by atoms with E-state index in [1.165, 1.54) is 6.42 Å². The molecule has 0 amide bonds. The van der Waals surface area contributed by atoms with Crippen molar-refractivity contribution in [3.05, 3.63) is 72.1 Å². The van der Waals surface area contributed by atoms with Crippen molar-refractivity contribution < 1.29 is 10.4 Å². The van der Waals surface area contributed by atoms with E-state index in [0.717, 1.165) is 75.2 Å². The summed E-state index contributed by atoms with van der Waals surface area (Å²) in [4.78, 5) is 4.63. The van der Waals surface area contributed by atoms with Crippen molar-refractivity contribution in [2.45, 2.75) is 44.9 Å². The molecular formula is C28H27N2O+. The third-order valence-electron chi connectivity index (χ3n) is 6.87. The molecule has 0 aliphatic heterocycles. The summed E-state index contributed by atoms with van der Waals surface area (Å²) in [6, 6.07) is 17.0. The van der Waals surface area contributed by atoms with Crippen molar-refractivity contribution in [1.29, 1.82) is 0 Å². The van der Waals surface area contributed by atoms with Gasteiger partial charge in [-0.15, -0.1) is 0 Å². The van der Waals surface area contributed by atoms with Gasteiger partial charge in [0.05, 0.1) is 10.9 Å². The Kier molecular flexibility index (Phi) is 4.06. The summed E-state index contributed by atoms with van der Waals surface area (Å²) in [5.74, 6) is -0.491. The molecule has 1 saturated carbocycles. The number of rotatable bonds is 2. The first-order chi connectivity index (χ1) is 15.5. The van der Waals surface area contributed by atoms with Crippen molar-refractivity contribution in [2.75, 3.05) is 0 Å². The van der Waals surface area contributed by atoms with Gasteiger partial charge in [-0.3, -0.25) is 0 Å². The summed E-state index contributed by atoms with van der Waals surface area (Å²) in [5, 5.41) is 4.44. The predicted octanol–water partition coefficient (Wildman–Crippen LogP) is 6.98. The van der Waals surface area contributed by atoms with Crippen molar-refractivity contribution in [2.24, 2.45) is 7.05 Å².